The molecule has 0 fully saturated rings. The number of anilines is 1. The maximum Gasteiger partial charge on any atom is 0.258 e. The van der Waals surface area contributed by atoms with Crippen LogP contribution in [0.1, 0.15) is 47.7 Å². The van der Waals surface area contributed by atoms with Gasteiger partial charge >= 0.3 is 0 Å². The molecule has 1 unspecified atom stereocenters. The molecule has 0 saturated heterocycles. The molecule has 0 spiro atoms. The summed E-state index contributed by atoms with van der Waals surface area (Å²) in [4.78, 5) is 12.1. The molecule has 1 atom stereocenters. The number of rotatable bonds is 4. The van der Waals surface area contributed by atoms with Gasteiger partial charge in [0.05, 0.1) is 5.56 Å². The number of amides is 1. The Morgan fingerprint density at radius 3 is 2.48 bits per heavy atom. The molecule has 0 heterocycles. The Morgan fingerprint density at radius 2 is 1.86 bits per heavy atom. The van der Waals surface area contributed by atoms with Gasteiger partial charge in [-0.3, -0.25) is 4.79 Å². The van der Waals surface area contributed by atoms with Gasteiger partial charge in [-0.2, -0.15) is 0 Å². The first-order valence-corrected chi connectivity index (χ1v) is 7.18. The van der Waals surface area contributed by atoms with Gasteiger partial charge < -0.3 is 5.32 Å². The molecule has 0 saturated carbocycles. The molecule has 1 N–H and O–H groups in total. The largest absolute Gasteiger partial charge is 0.322 e. The Hall–Kier alpha value is -2.16. The summed E-state index contributed by atoms with van der Waals surface area (Å²) in [5.41, 5.74) is 2.83. The van der Waals surface area contributed by atoms with Crippen LogP contribution < -0.4 is 5.32 Å². The van der Waals surface area contributed by atoms with Crippen LogP contribution in [0.5, 0.6) is 0 Å². The standard InChI is InChI=1S/C18H20FNO/c1-4-13(3)14-6-8-15(9-7-14)20-18(21)16-11-12(2)5-10-17(16)19/h5-11,13H,4H2,1-3H3,(H,20,21). The van der Waals surface area contributed by atoms with Crippen LogP contribution >= 0.6 is 0 Å². The van der Waals surface area contributed by atoms with Crippen molar-refractivity contribution in [2.75, 3.05) is 5.32 Å². The van der Waals surface area contributed by atoms with E-state index in [2.05, 4.69) is 19.2 Å². The third kappa shape index (κ3) is 3.69. The summed E-state index contributed by atoms with van der Waals surface area (Å²) >= 11 is 0. The summed E-state index contributed by atoms with van der Waals surface area (Å²) in [6.07, 6.45) is 1.07. The van der Waals surface area contributed by atoms with Gasteiger partial charge in [0.25, 0.3) is 5.91 Å². The Kier molecular flexibility index (Phi) is 4.73. The molecule has 0 bridgehead atoms. The minimum absolute atomic E-state index is 0.0704. The van der Waals surface area contributed by atoms with Crippen LogP contribution in [0.3, 0.4) is 0 Å². The van der Waals surface area contributed by atoms with Gasteiger partial charge in [-0.05, 0) is 49.1 Å². The molecule has 110 valence electrons. The van der Waals surface area contributed by atoms with Crippen molar-refractivity contribution in [3.8, 4) is 0 Å². The molecule has 0 radical (unpaired) electrons. The monoisotopic (exact) mass is 285 g/mol. The molecule has 0 aliphatic carbocycles. The van der Waals surface area contributed by atoms with Crippen molar-refractivity contribution >= 4 is 11.6 Å². The SMILES string of the molecule is CCC(C)c1ccc(NC(=O)c2cc(C)ccc2F)cc1. The molecule has 0 aliphatic heterocycles. The molecular formula is C18H20FNO. The average Bonchev–Trinajstić information content (AvgIpc) is 2.49. The van der Waals surface area contributed by atoms with Gasteiger partial charge in [0, 0.05) is 5.69 Å². The summed E-state index contributed by atoms with van der Waals surface area (Å²) in [6, 6.07) is 12.2. The Balaban J connectivity index is 2.14. The molecule has 1 amide bonds. The normalized spacial score (nSPS) is 12.0. The second-order valence-corrected chi connectivity index (χ2v) is 5.37. The van der Waals surface area contributed by atoms with Crippen molar-refractivity contribution in [1.29, 1.82) is 0 Å². The Bertz CT molecular complexity index is 634. The van der Waals surface area contributed by atoms with Crippen LogP contribution in [0, 0.1) is 12.7 Å². The van der Waals surface area contributed by atoms with Crippen molar-refractivity contribution in [2.24, 2.45) is 0 Å². The predicted octanol–water partition coefficient (Wildman–Crippen LogP) is 4.90. The van der Waals surface area contributed by atoms with Gasteiger partial charge in [0.1, 0.15) is 5.82 Å². The van der Waals surface area contributed by atoms with E-state index in [0.717, 1.165) is 12.0 Å². The van der Waals surface area contributed by atoms with Crippen molar-refractivity contribution in [1.82, 2.24) is 0 Å². The average molecular weight is 285 g/mol. The van der Waals surface area contributed by atoms with Crippen LogP contribution in [0.15, 0.2) is 42.5 Å². The fourth-order valence-electron chi connectivity index (χ4n) is 2.14. The predicted molar refractivity (Wildman–Crippen MR) is 84.2 cm³/mol. The first-order valence-electron chi connectivity index (χ1n) is 7.18. The highest BCUT2D eigenvalue weighted by molar-refractivity contribution is 6.04. The first kappa shape index (κ1) is 15.2. The van der Waals surface area contributed by atoms with E-state index in [9.17, 15) is 9.18 Å². The maximum atomic E-state index is 13.7. The molecule has 21 heavy (non-hydrogen) atoms. The molecule has 2 nitrogen and oxygen atoms in total. The van der Waals surface area contributed by atoms with Crippen LogP contribution in [0.25, 0.3) is 0 Å². The summed E-state index contributed by atoms with van der Waals surface area (Å²) in [7, 11) is 0. The lowest BCUT2D eigenvalue weighted by atomic mass is 9.98. The van der Waals surface area contributed by atoms with Crippen LogP contribution in [-0.4, -0.2) is 5.91 Å². The molecule has 2 aromatic carbocycles. The number of benzene rings is 2. The topological polar surface area (TPSA) is 29.1 Å². The zero-order chi connectivity index (χ0) is 15.4. The highest BCUT2D eigenvalue weighted by Crippen LogP contribution is 2.21. The first-order chi connectivity index (χ1) is 10.0. The van der Waals surface area contributed by atoms with Crippen molar-refractivity contribution in [3.05, 3.63) is 65.0 Å². The summed E-state index contributed by atoms with van der Waals surface area (Å²) in [6.45, 7) is 6.13. The molecule has 2 rings (SSSR count). The van der Waals surface area contributed by atoms with Crippen molar-refractivity contribution in [3.63, 3.8) is 0 Å². The van der Waals surface area contributed by atoms with Crippen LogP contribution in [-0.2, 0) is 0 Å². The highest BCUT2D eigenvalue weighted by Gasteiger charge is 2.12. The minimum Gasteiger partial charge on any atom is -0.322 e. The number of hydrogen-bond acceptors (Lipinski definition) is 1. The van der Waals surface area contributed by atoms with Gasteiger partial charge in [0.15, 0.2) is 0 Å². The third-order valence-corrected chi connectivity index (χ3v) is 3.72. The van der Waals surface area contributed by atoms with E-state index in [-0.39, 0.29) is 5.56 Å². The molecule has 0 aliphatic rings. The van der Waals surface area contributed by atoms with Crippen LogP contribution in [0.2, 0.25) is 0 Å². The second kappa shape index (κ2) is 6.53. The quantitative estimate of drug-likeness (QED) is 0.850. The second-order valence-electron chi connectivity index (χ2n) is 5.37. The lowest BCUT2D eigenvalue weighted by molar-refractivity contribution is 0.102. The fourth-order valence-corrected chi connectivity index (χ4v) is 2.14. The summed E-state index contributed by atoms with van der Waals surface area (Å²) in [5, 5.41) is 2.73. The van der Waals surface area contributed by atoms with E-state index >= 15 is 0 Å². The smallest absolute Gasteiger partial charge is 0.258 e. The summed E-state index contributed by atoms with van der Waals surface area (Å²) in [5.74, 6) is -0.439. The number of nitrogens with one attached hydrogen (secondary N) is 1. The third-order valence-electron chi connectivity index (χ3n) is 3.72. The molecule has 0 aromatic heterocycles. The molecule has 2 aromatic rings. The van der Waals surface area contributed by atoms with E-state index in [1.165, 1.54) is 11.6 Å². The lowest BCUT2D eigenvalue weighted by Crippen LogP contribution is -2.14. The van der Waals surface area contributed by atoms with Gasteiger partial charge in [-0.15, -0.1) is 0 Å². The zero-order valence-electron chi connectivity index (χ0n) is 12.6. The fraction of sp³-hybridized carbons (Fsp3) is 0.278. The Labute approximate surface area is 125 Å². The summed E-state index contributed by atoms with van der Waals surface area (Å²) < 4.78 is 13.7. The number of hydrogen-bond donors (Lipinski definition) is 1. The van der Waals surface area contributed by atoms with Crippen molar-refractivity contribution < 1.29 is 9.18 Å². The van der Waals surface area contributed by atoms with E-state index in [4.69, 9.17) is 0 Å². The van der Waals surface area contributed by atoms with Gasteiger partial charge in [-0.1, -0.05) is 37.6 Å². The zero-order valence-corrected chi connectivity index (χ0v) is 12.6. The number of aryl methyl sites for hydroxylation is 1. The van der Waals surface area contributed by atoms with E-state index in [0.29, 0.717) is 11.6 Å². The number of carbonyl (C=O) groups excluding carboxylic acids is 1. The van der Waals surface area contributed by atoms with Gasteiger partial charge in [-0.25, -0.2) is 4.39 Å². The van der Waals surface area contributed by atoms with E-state index in [1.807, 2.05) is 31.2 Å². The number of halogens is 1. The maximum absolute atomic E-state index is 13.7. The van der Waals surface area contributed by atoms with Crippen molar-refractivity contribution in [2.45, 2.75) is 33.1 Å². The lowest BCUT2D eigenvalue weighted by Gasteiger charge is -2.11. The highest BCUT2D eigenvalue weighted by atomic mass is 19.1. The van der Waals surface area contributed by atoms with Crippen LogP contribution in [0.4, 0.5) is 10.1 Å². The van der Waals surface area contributed by atoms with E-state index < -0.39 is 11.7 Å². The Morgan fingerprint density at radius 1 is 1.19 bits per heavy atom. The number of carbonyl (C=O) groups is 1. The van der Waals surface area contributed by atoms with E-state index in [1.54, 1.807) is 12.1 Å². The minimum atomic E-state index is -0.505. The molecular weight excluding hydrogens is 265 g/mol. The molecule has 3 heteroatoms. The van der Waals surface area contributed by atoms with Gasteiger partial charge in [0.2, 0.25) is 0 Å².